The van der Waals surface area contributed by atoms with Crippen molar-refractivity contribution in [1.82, 2.24) is 0 Å². The van der Waals surface area contributed by atoms with Crippen LogP contribution in [0.1, 0.15) is 0 Å². The largest absolute Gasteiger partial charge is 0.460 e. The zero-order chi connectivity index (χ0) is 34.5. The maximum absolute atomic E-state index is 13.8. The fraction of sp³-hybridized carbons (Fsp3) is 1.00. The van der Waals surface area contributed by atoms with Gasteiger partial charge in [0.2, 0.25) is 5.57 Å². The first-order valence-corrected chi connectivity index (χ1v) is 15.0. The highest BCUT2D eigenvalue weighted by molar-refractivity contribution is 14.1. The van der Waals surface area contributed by atoms with Gasteiger partial charge in [-0.3, -0.25) is 0 Å². The molecule has 0 radical (unpaired) electrons. The van der Waals surface area contributed by atoms with Crippen LogP contribution >= 0.6 is 21.8 Å². The fourth-order valence-electron chi connectivity index (χ4n) is 2.33. The Bertz CT molecular complexity index is 892. The average Bonchev–Trinajstić information content (AvgIpc) is 2.70. The van der Waals surface area contributed by atoms with Gasteiger partial charge in [-0.05, 0) is 0 Å². The second kappa shape index (κ2) is 9.60. The van der Waals surface area contributed by atoms with E-state index in [1.54, 1.807) is 0 Å². The summed E-state index contributed by atoms with van der Waals surface area (Å²) in [4.78, 5) is 0. The molecule has 0 aromatic heterocycles. The molecule has 0 atom stereocenters. The van der Waals surface area contributed by atoms with E-state index >= 15 is 0 Å². The molecule has 0 fully saturated rings. The number of hydrogen-bond donors (Lipinski definition) is 0. The molecule has 248 valence electrons. The quantitative estimate of drug-likeness (QED) is 0.0846. The van der Waals surface area contributed by atoms with Crippen molar-refractivity contribution in [3.05, 3.63) is 0 Å². The van der Waals surface area contributed by atoms with Gasteiger partial charge in [0.05, 0.1) is 0 Å². The molecule has 0 bridgehead atoms. The molecule has 0 heterocycles. The Morgan fingerprint density at radius 1 is 0.293 bits per heavy atom. The Labute approximate surface area is 221 Å². The van der Waals surface area contributed by atoms with Gasteiger partial charge in [0.1, 0.15) is 0 Å². The van der Waals surface area contributed by atoms with Crippen molar-refractivity contribution in [1.29, 1.82) is 0 Å². The zero-order valence-corrected chi connectivity index (χ0v) is 21.5. The van der Waals surface area contributed by atoms with Crippen LogP contribution in [0.25, 0.3) is 0 Å². The van der Waals surface area contributed by atoms with E-state index in [1.165, 1.54) is 0 Å². The predicted octanol–water partition coefficient (Wildman–Crippen LogP) is 9.72. The highest BCUT2D eigenvalue weighted by Crippen LogP contribution is 2.68. The minimum Gasteiger partial charge on any atom is -0.204 e. The standard InChI is InChI=1S/C14H6F25ISi/c1-41(2,40)14(38,39)12(33,34)10(29,30)8(25,26)6(21,22)4(17,18)3(15,16)5(19,20)7(23,24)9(27,28)11(31,32)13(35,36)37/h1-2H3. The molecule has 0 nitrogen and oxygen atoms in total. The van der Waals surface area contributed by atoms with E-state index in [-0.39, 0.29) is 34.9 Å². The van der Waals surface area contributed by atoms with Crippen molar-refractivity contribution in [2.24, 2.45) is 0 Å². The number of halogens is 26. The summed E-state index contributed by atoms with van der Waals surface area (Å²) in [7, 11) is 0. The van der Waals surface area contributed by atoms with E-state index in [1.807, 2.05) is 0 Å². The molecular formula is C14H6F25ISi. The van der Waals surface area contributed by atoms with Crippen LogP contribution in [0.5, 0.6) is 0 Å². The fourth-order valence-corrected chi connectivity index (χ4v) is 4.25. The van der Waals surface area contributed by atoms with Gasteiger partial charge in [0.25, 0.3) is 0 Å². The molecule has 0 aliphatic carbocycles. The molecular weight excluding hydrogens is 798 g/mol. The van der Waals surface area contributed by atoms with Crippen LogP contribution in [0.3, 0.4) is 0 Å². The third-order valence-electron chi connectivity index (χ3n) is 5.05. The molecule has 0 N–H and O–H groups in total. The molecule has 27 heteroatoms. The molecule has 0 saturated heterocycles. The van der Waals surface area contributed by atoms with Gasteiger partial charge in [-0.1, -0.05) is 13.1 Å². The average molecular weight is 804 g/mol. The minimum atomic E-state index is -9.56. The highest BCUT2D eigenvalue weighted by Gasteiger charge is 2.99. The van der Waals surface area contributed by atoms with Crippen LogP contribution in [0.15, 0.2) is 0 Å². The SMILES string of the molecule is C[Si](C)(I)C(F)(F)C(F)(F)C(F)(F)C(F)(F)C(F)(F)C(F)(F)C(F)(F)C(F)(F)C(F)(F)C(F)(F)C(F)(F)C(F)(F)F. The Morgan fingerprint density at radius 3 is 0.585 bits per heavy atom. The number of hydrogen-bond acceptors (Lipinski definition) is 0. The lowest BCUT2D eigenvalue weighted by Gasteiger charge is -2.46. The topological polar surface area (TPSA) is 0 Å². The molecule has 41 heavy (non-hydrogen) atoms. The minimum absolute atomic E-state index is 0.101. The van der Waals surface area contributed by atoms with Gasteiger partial charge in [-0.15, -0.1) is 21.8 Å². The van der Waals surface area contributed by atoms with E-state index in [0.717, 1.165) is 0 Å². The van der Waals surface area contributed by atoms with Crippen LogP contribution in [0, 0.1) is 0 Å². The number of alkyl halides is 25. The Hall–Kier alpha value is -0.803. The second-order valence-electron chi connectivity index (χ2n) is 8.29. The molecule has 0 amide bonds. The summed E-state index contributed by atoms with van der Waals surface area (Å²) in [6, 6.07) is 0. The smallest absolute Gasteiger partial charge is 0.204 e. The van der Waals surface area contributed by atoms with Crippen molar-refractivity contribution in [3.63, 3.8) is 0 Å². The molecule has 0 unspecified atom stereocenters. The first-order valence-electron chi connectivity index (χ1n) is 8.91. The normalized spacial score (nSPS) is 17.3. The monoisotopic (exact) mass is 804 g/mol. The summed E-state index contributed by atoms with van der Waals surface area (Å²) in [5.41, 5.74) is -12.1. The van der Waals surface area contributed by atoms with Crippen LogP contribution in [0.2, 0.25) is 13.1 Å². The van der Waals surface area contributed by atoms with Crippen LogP contribution in [-0.2, 0) is 0 Å². The summed E-state index contributed by atoms with van der Waals surface area (Å²) >= 11 is 0.181. The summed E-state index contributed by atoms with van der Waals surface area (Å²) in [5, 5.41) is 0. The molecule has 0 aromatic rings. The van der Waals surface area contributed by atoms with Crippen molar-refractivity contribution < 1.29 is 110 Å². The molecule has 0 spiro atoms. The van der Waals surface area contributed by atoms with Crippen LogP contribution in [0.4, 0.5) is 110 Å². The first kappa shape index (κ1) is 40.2. The van der Waals surface area contributed by atoms with E-state index < -0.39 is 76.5 Å². The lowest BCUT2D eigenvalue weighted by Crippen LogP contribution is -2.79. The lowest BCUT2D eigenvalue weighted by atomic mass is 9.85. The first-order chi connectivity index (χ1) is 17.0. The van der Waals surface area contributed by atoms with Gasteiger partial charge in [0, 0.05) is 0 Å². The van der Waals surface area contributed by atoms with Gasteiger partial charge in [0.15, 0.2) is 0 Å². The second-order valence-corrected chi connectivity index (χ2v) is 20.0. The number of rotatable bonds is 11. The summed E-state index contributed by atoms with van der Waals surface area (Å²) < 4.78 is 333. The van der Waals surface area contributed by atoms with E-state index in [2.05, 4.69) is 0 Å². The van der Waals surface area contributed by atoms with Crippen molar-refractivity contribution in [2.75, 3.05) is 0 Å². The Balaban J connectivity index is 7.41. The summed E-state index contributed by atoms with van der Waals surface area (Å²) in [5.74, 6) is -91.0. The van der Waals surface area contributed by atoms with Crippen LogP contribution in [-0.4, -0.2) is 76.5 Å². The highest BCUT2D eigenvalue weighted by atomic mass is 127. The molecule has 0 aliphatic heterocycles. The van der Waals surface area contributed by atoms with Gasteiger partial charge >= 0.3 is 70.9 Å². The van der Waals surface area contributed by atoms with Gasteiger partial charge in [-0.2, -0.15) is 101 Å². The lowest BCUT2D eigenvalue weighted by molar-refractivity contribution is -0.480. The van der Waals surface area contributed by atoms with E-state index in [4.69, 9.17) is 0 Å². The van der Waals surface area contributed by atoms with Gasteiger partial charge < -0.3 is 0 Å². The van der Waals surface area contributed by atoms with Gasteiger partial charge in [-0.25, -0.2) is 8.78 Å². The third kappa shape index (κ3) is 4.72. The van der Waals surface area contributed by atoms with Crippen molar-refractivity contribution in [2.45, 2.75) is 84.0 Å². The van der Waals surface area contributed by atoms with Crippen molar-refractivity contribution >= 4 is 27.4 Å². The van der Waals surface area contributed by atoms with E-state index in [0.29, 0.717) is 0 Å². The predicted molar refractivity (Wildman–Crippen MR) is 92.0 cm³/mol. The molecule has 0 saturated carbocycles. The Morgan fingerprint density at radius 2 is 0.439 bits per heavy atom. The zero-order valence-electron chi connectivity index (χ0n) is 18.3. The maximum Gasteiger partial charge on any atom is 0.460 e. The molecule has 0 rings (SSSR count). The molecule has 0 aromatic carbocycles. The summed E-state index contributed by atoms with van der Waals surface area (Å²) in [6.07, 6.45) is -8.15. The third-order valence-corrected chi connectivity index (χ3v) is 8.89. The van der Waals surface area contributed by atoms with E-state index in [9.17, 15) is 110 Å². The maximum atomic E-state index is 13.8. The Kier molecular flexibility index (Phi) is 9.41. The molecule has 0 aliphatic rings. The summed E-state index contributed by atoms with van der Waals surface area (Å²) in [6.45, 7) is -0.202. The van der Waals surface area contributed by atoms with Crippen LogP contribution < -0.4 is 0 Å². The van der Waals surface area contributed by atoms with Crippen molar-refractivity contribution in [3.8, 4) is 0 Å².